The molecular weight excluding hydrogens is 250 g/mol. The van der Waals surface area contributed by atoms with Crippen LogP contribution in [0, 0.1) is 0 Å². The number of hydrogen-bond acceptors (Lipinski definition) is 3. The lowest BCUT2D eigenvalue weighted by Crippen LogP contribution is -2.47. The van der Waals surface area contributed by atoms with Gasteiger partial charge in [0.05, 0.1) is 6.10 Å². The maximum absolute atomic E-state index is 5.95. The summed E-state index contributed by atoms with van der Waals surface area (Å²) in [7, 11) is 0. The molecule has 2 heterocycles. The van der Waals surface area contributed by atoms with Crippen molar-refractivity contribution < 1.29 is 9.15 Å². The highest BCUT2D eigenvalue weighted by Gasteiger charge is 2.36. The van der Waals surface area contributed by atoms with Crippen molar-refractivity contribution in [2.45, 2.75) is 51.8 Å². The van der Waals surface area contributed by atoms with Crippen LogP contribution in [-0.2, 0) is 17.7 Å². The van der Waals surface area contributed by atoms with Crippen LogP contribution in [0.4, 0.5) is 0 Å². The van der Waals surface area contributed by atoms with Gasteiger partial charge in [-0.05, 0) is 26.3 Å². The van der Waals surface area contributed by atoms with Gasteiger partial charge in [-0.1, -0.05) is 25.1 Å². The summed E-state index contributed by atoms with van der Waals surface area (Å²) in [5.74, 6) is 1.09. The lowest BCUT2D eigenvalue weighted by atomic mass is 9.94. The van der Waals surface area contributed by atoms with E-state index < -0.39 is 0 Å². The molecule has 0 aliphatic carbocycles. The maximum Gasteiger partial charge on any atom is 0.134 e. The first-order valence-corrected chi connectivity index (χ1v) is 7.50. The summed E-state index contributed by atoms with van der Waals surface area (Å²) in [6.45, 7) is 8.22. The summed E-state index contributed by atoms with van der Waals surface area (Å²) in [6, 6.07) is 8.29. The van der Waals surface area contributed by atoms with Crippen LogP contribution in [0.5, 0.6) is 0 Å². The van der Waals surface area contributed by atoms with Gasteiger partial charge in [-0.2, -0.15) is 0 Å². The molecule has 0 bridgehead atoms. The van der Waals surface area contributed by atoms with E-state index in [4.69, 9.17) is 9.15 Å². The normalized spacial score (nSPS) is 26.4. The summed E-state index contributed by atoms with van der Waals surface area (Å²) in [4.78, 5) is 0. The highest BCUT2D eigenvalue weighted by atomic mass is 16.5. The van der Waals surface area contributed by atoms with E-state index in [0.29, 0.717) is 0 Å². The van der Waals surface area contributed by atoms with E-state index in [-0.39, 0.29) is 11.6 Å². The van der Waals surface area contributed by atoms with Gasteiger partial charge in [0.25, 0.3) is 0 Å². The van der Waals surface area contributed by atoms with Crippen LogP contribution in [0.2, 0.25) is 0 Å². The number of furan rings is 1. The van der Waals surface area contributed by atoms with Gasteiger partial charge >= 0.3 is 0 Å². The third-order valence-electron chi connectivity index (χ3n) is 4.66. The molecule has 1 aromatic heterocycles. The molecule has 0 radical (unpaired) electrons. The molecule has 3 rings (SSSR count). The molecule has 0 saturated carbocycles. The number of benzene rings is 1. The fourth-order valence-electron chi connectivity index (χ4n) is 2.99. The predicted octanol–water partition coefficient (Wildman–Crippen LogP) is 3.65. The van der Waals surface area contributed by atoms with E-state index in [1.54, 1.807) is 0 Å². The van der Waals surface area contributed by atoms with Crippen molar-refractivity contribution in [1.29, 1.82) is 0 Å². The van der Waals surface area contributed by atoms with E-state index in [2.05, 4.69) is 38.2 Å². The average molecular weight is 273 g/mol. The number of rotatable bonds is 4. The van der Waals surface area contributed by atoms with Gasteiger partial charge in [-0.15, -0.1) is 0 Å². The van der Waals surface area contributed by atoms with Crippen molar-refractivity contribution >= 4 is 11.0 Å². The first kappa shape index (κ1) is 13.7. The van der Waals surface area contributed by atoms with E-state index in [0.717, 1.165) is 37.3 Å². The molecule has 3 nitrogen and oxygen atoms in total. The highest BCUT2D eigenvalue weighted by Crippen LogP contribution is 2.29. The van der Waals surface area contributed by atoms with E-state index in [1.165, 1.54) is 10.9 Å². The molecule has 0 spiro atoms. The number of hydrogen-bond donors (Lipinski definition) is 1. The minimum absolute atomic E-state index is 0.0589. The third-order valence-corrected chi connectivity index (χ3v) is 4.66. The smallest absolute Gasteiger partial charge is 0.134 e. The molecule has 20 heavy (non-hydrogen) atoms. The zero-order valence-electron chi connectivity index (χ0n) is 12.5. The second-order valence-electron chi connectivity index (χ2n) is 5.89. The fourth-order valence-corrected chi connectivity index (χ4v) is 2.99. The van der Waals surface area contributed by atoms with Crippen molar-refractivity contribution in [3.8, 4) is 0 Å². The van der Waals surface area contributed by atoms with Gasteiger partial charge in [0.15, 0.2) is 0 Å². The quantitative estimate of drug-likeness (QED) is 0.923. The molecular formula is C17H23NO2. The molecule has 1 aliphatic heterocycles. The van der Waals surface area contributed by atoms with Crippen molar-refractivity contribution in [2.24, 2.45) is 0 Å². The Morgan fingerprint density at radius 3 is 2.85 bits per heavy atom. The number of para-hydroxylation sites is 1. The first-order chi connectivity index (χ1) is 9.64. The van der Waals surface area contributed by atoms with Crippen molar-refractivity contribution in [3.05, 3.63) is 35.6 Å². The lowest BCUT2D eigenvalue weighted by Gasteiger charge is -2.29. The summed E-state index contributed by atoms with van der Waals surface area (Å²) in [5, 5.41) is 4.92. The Hall–Kier alpha value is -1.32. The summed E-state index contributed by atoms with van der Waals surface area (Å²) < 4.78 is 11.6. The highest BCUT2D eigenvalue weighted by molar-refractivity contribution is 5.82. The summed E-state index contributed by atoms with van der Waals surface area (Å²) in [6.07, 6.45) is 2.24. The molecule has 1 N–H and O–H groups in total. The predicted molar refractivity (Wildman–Crippen MR) is 80.9 cm³/mol. The fraction of sp³-hybridized carbons (Fsp3) is 0.529. The Bertz CT molecular complexity index is 604. The van der Waals surface area contributed by atoms with Gasteiger partial charge < -0.3 is 14.5 Å². The van der Waals surface area contributed by atoms with Crippen molar-refractivity contribution in [3.63, 3.8) is 0 Å². The van der Waals surface area contributed by atoms with E-state index in [9.17, 15) is 0 Å². The van der Waals surface area contributed by atoms with E-state index >= 15 is 0 Å². The SMILES string of the molecule is CCc1oc2ccccc2c1CNC1(C)CCOC1C. The van der Waals surface area contributed by atoms with Crippen LogP contribution < -0.4 is 5.32 Å². The Labute approximate surface area is 120 Å². The van der Waals surface area contributed by atoms with Crippen molar-refractivity contribution in [1.82, 2.24) is 5.32 Å². The van der Waals surface area contributed by atoms with Gasteiger partial charge in [0.1, 0.15) is 11.3 Å². The summed E-state index contributed by atoms with van der Waals surface area (Å²) >= 11 is 0. The van der Waals surface area contributed by atoms with Crippen LogP contribution in [0.25, 0.3) is 11.0 Å². The van der Waals surface area contributed by atoms with Gasteiger partial charge in [0, 0.05) is 36.1 Å². The van der Waals surface area contributed by atoms with Crippen molar-refractivity contribution in [2.75, 3.05) is 6.61 Å². The number of fused-ring (bicyclic) bond motifs is 1. The second-order valence-corrected chi connectivity index (χ2v) is 5.89. The Morgan fingerprint density at radius 1 is 1.35 bits per heavy atom. The average Bonchev–Trinajstić information content (AvgIpc) is 2.98. The van der Waals surface area contributed by atoms with Gasteiger partial charge in [-0.25, -0.2) is 0 Å². The van der Waals surface area contributed by atoms with Crippen LogP contribution >= 0.6 is 0 Å². The molecule has 108 valence electrons. The second kappa shape index (κ2) is 5.23. The molecule has 2 aromatic rings. The lowest BCUT2D eigenvalue weighted by molar-refractivity contribution is 0.0881. The van der Waals surface area contributed by atoms with Gasteiger partial charge in [-0.3, -0.25) is 0 Å². The Kier molecular flexibility index (Phi) is 3.57. The zero-order valence-corrected chi connectivity index (χ0v) is 12.5. The molecule has 2 unspecified atom stereocenters. The molecule has 1 aliphatic rings. The number of aryl methyl sites for hydroxylation is 1. The van der Waals surface area contributed by atoms with Crippen LogP contribution in [0.15, 0.2) is 28.7 Å². The minimum atomic E-state index is 0.0589. The maximum atomic E-state index is 5.95. The number of ether oxygens (including phenoxy) is 1. The van der Waals surface area contributed by atoms with Gasteiger partial charge in [0.2, 0.25) is 0 Å². The zero-order chi connectivity index (χ0) is 14.2. The minimum Gasteiger partial charge on any atom is -0.461 e. The molecule has 1 fully saturated rings. The van der Waals surface area contributed by atoms with Crippen LogP contribution in [0.3, 0.4) is 0 Å². The molecule has 3 heteroatoms. The third kappa shape index (κ3) is 2.25. The molecule has 1 aromatic carbocycles. The molecule has 2 atom stereocenters. The van der Waals surface area contributed by atoms with E-state index in [1.807, 2.05) is 12.1 Å². The first-order valence-electron chi connectivity index (χ1n) is 7.50. The molecule has 1 saturated heterocycles. The van der Waals surface area contributed by atoms with Crippen LogP contribution in [0.1, 0.15) is 38.5 Å². The summed E-state index contributed by atoms with van der Waals surface area (Å²) in [5.41, 5.74) is 2.34. The van der Waals surface area contributed by atoms with Crippen LogP contribution in [-0.4, -0.2) is 18.2 Å². The standard InChI is InChI=1S/C17H23NO2/c1-4-15-14(13-7-5-6-8-16(13)20-15)11-18-17(3)9-10-19-12(17)2/h5-8,12,18H,4,9-11H2,1-3H3. The Morgan fingerprint density at radius 2 is 2.15 bits per heavy atom. The monoisotopic (exact) mass is 273 g/mol. The largest absolute Gasteiger partial charge is 0.461 e. The number of nitrogens with one attached hydrogen (secondary N) is 1. The molecule has 0 amide bonds. The topological polar surface area (TPSA) is 34.4 Å². The Balaban J connectivity index is 1.87.